The highest BCUT2D eigenvalue weighted by molar-refractivity contribution is 4.62. The Hall–Kier alpha value is -0.0800. The van der Waals surface area contributed by atoms with Gasteiger partial charge >= 0.3 is 0 Å². The van der Waals surface area contributed by atoms with E-state index in [1.165, 1.54) is 12.8 Å². The van der Waals surface area contributed by atoms with Crippen LogP contribution >= 0.6 is 0 Å². The molecule has 0 bridgehead atoms. The first-order valence-electron chi connectivity index (χ1n) is 4.12. The van der Waals surface area contributed by atoms with Gasteiger partial charge in [-0.3, -0.25) is 0 Å². The van der Waals surface area contributed by atoms with Crippen molar-refractivity contribution in [3.05, 3.63) is 0 Å². The second-order valence-electron chi connectivity index (χ2n) is 2.98. The fraction of sp³-hybridized carbons (Fsp3) is 1.00. The number of hydrogen-bond acceptors (Lipinski definition) is 2. The van der Waals surface area contributed by atoms with Gasteiger partial charge in [-0.05, 0) is 18.8 Å². The first-order chi connectivity index (χ1) is 4.83. The first kappa shape index (κ1) is 8.02. The van der Waals surface area contributed by atoms with Gasteiger partial charge in [-0.2, -0.15) is 0 Å². The average molecular weight is 144 g/mol. The van der Waals surface area contributed by atoms with Gasteiger partial charge in [0.15, 0.2) is 6.29 Å². The van der Waals surface area contributed by atoms with E-state index in [-0.39, 0.29) is 0 Å². The van der Waals surface area contributed by atoms with Gasteiger partial charge in [-0.25, -0.2) is 0 Å². The molecule has 0 saturated carbocycles. The monoisotopic (exact) mass is 144 g/mol. The van der Waals surface area contributed by atoms with Crippen molar-refractivity contribution in [3.8, 4) is 0 Å². The van der Waals surface area contributed by atoms with E-state index < -0.39 is 6.29 Å². The first-order valence-corrected chi connectivity index (χ1v) is 4.12. The predicted octanol–water partition coefficient (Wildman–Crippen LogP) is 1.53. The maximum atomic E-state index is 9.17. The van der Waals surface area contributed by atoms with Crippen LogP contribution in [-0.2, 0) is 4.74 Å². The maximum Gasteiger partial charge on any atom is 0.154 e. The summed E-state index contributed by atoms with van der Waals surface area (Å²) in [4.78, 5) is 0. The van der Waals surface area contributed by atoms with Crippen molar-refractivity contribution in [2.45, 2.75) is 38.9 Å². The molecule has 0 radical (unpaired) electrons. The minimum absolute atomic E-state index is 0.493. The van der Waals surface area contributed by atoms with Crippen LogP contribution in [0.15, 0.2) is 0 Å². The van der Waals surface area contributed by atoms with Crippen molar-refractivity contribution in [1.82, 2.24) is 0 Å². The largest absolute Gasteiger partial charge is 0.368 e. The quantitative estimate of drug-likeness (QED) is 0.604. The lowest BCUT2D eigenvalue weighted by molar-refractivity contribution is -0.100. The molecule has 1 saturated heterocycles. The molecule has 0 amide bonds. The zero-order chi connectivity index (χ0) is 7.40. The summed E-state index contributed by atoms with van der Waals surface area (Å²) in [6, 6.07) is 0. The van der Waals surface area contributed by atoms with E-state index >= 15 is 0 Å². The van der Waals surface area contributed by atoms with Crippen molar-refractivity contribution in [2.75, 3.05) is 6.61 Å². The van der Waals surface area contributed by atoms with Crippen LogP contribution in [0, 0.1) is 5.92 Å². The Morgan fingerprint density at radius 2 is 2.40 bits per heavy atom. The second-order valence-corrected chi connectivity index (χ2v) is 2.98. The van der Waals surface area contributed by atoms with Gasteiger partial charge in [0.25, 0.3) is 0 Å². The van der Waals surface area contributed by atoms with Gasteiger partial charge in [0.1, 0.15) is 0 Å². The van der Waals surface area contributed by atoms with Gasteiger partial charge in [0, 0.05) is 13.0 Å². The lowest BCUT2D eigenvalue weighted by Crippen LogP contribution is -2.12. The van der Waals surface area contributed by atoms with Crippen LogP contribution in [0.5, 0.6) is 0 Å². The van der Waals surface area contributed by atoms with Crippen LogP contribution in [0.1, 0.15) is 32.6 Å². The Morgan fingerprint density at radius 3 is 3.10 bits per heavy atom. The third-order valence-corrected chi connectivity index (χ3v) is 2.18. The van der Waals surface area contributed by atoms with Gasteiger partial charge in [0.2, 0.25) is 0 Å². The Bertz CT molecular complexity index is 93.3. The molecule has 60 valence electrons. The summed E-state index contributed by atoms with van der Waals surface area (Å²) in [6.45, 7) is 2.90. The Morgan fingerprint density at radius 1 is 1.60 bits per heavy atom. The normalized spacial score (nSPS) is 35.4. The minimum Gasteiger partial charge on any atom is -0.368 e. The molecule has 2 unspecified atom stereocenters. The molecule has 0 aromatic rings. The fourth-order valence-electron chi connectivity index (χ4n) is 1.43. The van der Waals surface area contributed by atoms with Crippen LogP contribution in [0.4, 0.5) is 0 Å². The smallest absolute Gasteiger partial charge is 0.154 e. The van der Waals surface area contributed by atoms with Crippen molar-refractivity contribution >= 4 is 0 Å². The highest BCUT2D eigenvalue weighted by Gasteiger charge is 2.16. The Labute approximate surface area is 62.2 Å². The molecular weight excluding hydrogens is 128 g/mol. The topological polar surface area (TPSA) is 29.5 Å². The van der Waals surface area contributed by atoms with Crippen LogP contribution < -0.4 is 0 Å². The lowest BCUT2D eigenvalue weighted by atomic mass is 9.98. The molecule has 1 fully saturated rings. The van der Waals surface area contributed by atoms with Crippen molar-refractivity contribution < 1.29 is 9.84 Å². The van der Waals surface area contributed by atoms with E-state index in [2.05, 4.69) is 6.92 Å². The zero-order valence-corrected chi connectivity index (χ0v) is 6.55. The summed E-state index contributed by atoms with van der Waals surface area (Å²) in [5.74, 6) is 0.678. The molecule has 2 atom stereocenters. The second kappa shape index (κ2) is 3.94. The molecule has 1 heterocycles. The molecule has 1 rings (SSSR count). The zero-order valence-electron chi connectivity index (χ0n) is 6.55. The Balaban J connectivity index is 2.30. The van der Waals surface area contributed by atoms with Crippen molar-refractivity contribution in [1.29, 1.82) is 0 Å². The lowest BCUT2D eigenvalue weighted by Gasteiger charge is -2.12. The SMILES string of the molecule is CCC1CCCOC(O)C1. The summed E-state index contributed by atoms with van der Waals surface area (Å²) in [5.41, 5.74) is 0. The fourth-order valence-corrected chi connectivity index (χ4v) is 1.43. The van der Waals surface area contributed by atoms with Crippen LogP contribution in [0.25, 0.3) is 0 Å². The van der Waals surface area contributed by atoms with Gasteiger partial charge in [-0.1, -0.05) is 13.3 Å². The molecule has 10 heavy (non-hydrogen) atoms. The van der Waals surface area contributed by atoms with Crippen LogP contribution in [-0.4, -0.2) is 18.0 Å². The molecule has 1 aliphatic heterocycles. The highest BCUT2D eigenvalue weighted by atomic mass is 16.6. The van der Waals surface area contributed by atoms with Crippen molar-refractivity contribution in [2.24, 2.45) is 5.92 Å². The maximum absolute atomic E-state index is 9.17. The van der Waals surface area contributed by atoms with Gasteiger partial charge in [0.05, 0.1) is 0 Å². The summed E-state index contributed by atoms with van der Waals surface area (Å²) in [6.07, 6.45) is 3.83. The van der Waals surface area contributed by atoms with Crippen LogP contribution in [0.3, 0.4) is 0 Å². The number of ether oxygens (including phenoxy) is 1. The molecule has 0 spiro atoms. The molecule has 1 N–H and O–H groups in total. The van der Waals surface area contributed by atoms with E-state index in [1.54, 1.807) is 0 Å². The molecule has 0 aromatic carbocycles. The molecule has 2 nitrogen and oxygen atoms in total. The highest BCUT2D eigenvalue weighted by Crippen LogP contribution is 2.21. The summed E-state index contributed by atoms with van der Waals surface area (Å²) >= 11 is 0. The number of rotatable bonds is 1. The predicted molar refractivity (Wildman–Crippen MR) is 39.6 cm³/mol. The van der Waals surface area contributed by atoms with Crippen LogP contribution in [0.2, 0.25) is 0 Å². The molecule has 2 heteroatoms. The van der Waals surface area contributed by atoms with E-state index in [0.717, 1.165) is 19.4 Å². The Kier molecular flexibility index (Phi) is 3.16. The molecule has 0 aliphatic carbocycles. The van der Waals surface area contributed by atoms with Gasteiger partial charge in [-0.15, -0.1) is 0 Å². The van der Waals surface area contributed by atoms with Gasteiger partial charge < -0.3 is 9.84 Å². The standard InChI is InChI=1S/C8H16O2/c1-2-7-4-3-5-10-8(9)6-7/h7-9H,2-6H2,1H3. The van der Waals surface area contributed by atoms with Crippen molar-refractivity contribution in [3.63, 3.8) is 0 Å². The molecular formula is C8H16O2. The van der Waals surface area contributed by atoms with E-state index in [9.17, 15) is 0 Å². The van der Waals surface area contributed by atoms with E-state index in [0.29, 0.717) is 5.92 Å². The van der Waals surface area contributed by atoms with E-state index in [4.69, 9.17) is 9.84 Å². The molecule has 0 aromatic heterocycles. The number of aliphatic hydroxyl groups excluding tert-OH is 1. The number of hydrogen-bond donors (Lipinski definition) is 1. The molecule has 1 aliphatic rings. The average Bonchev–Trinajstić information content (AvgIpc) is 2.13. The number of aliphatic hydroxyl groups is 1. The minimum atomic E-state index is -0.493. The third kappa shape index (κ3) is 2.27. The summed E-state index contributed by atoms with van der Waals surface area (Å²) in [7, 11) is 0. The summed E-state index contributed by atoms with van der Waals surface area (Å²) in [5, 5.41) is 9.17. The third-order valence-electron chi connectivity index (χ3n) is 2.18. The summed E-state index contributed by atoms with van der Waals surface area (Å²) < 4.78 is 5.09. The van der Waals surface area contributed by atoms with E-state index in [1.807, 2.05) is 0 Å².